The Kier molecular flexibility index (Phi) is 2.42. The van der Waals surface area contributed by atoms with Gasteiger partial charge in [0.05, 0.1) is 6.42 Å². The van der Waals surface area contributed by atoms with Crippen molar-refractivity contribution in [2.45, 2.75) is 33.1 Å². The van der Waals surface area contributed by atoms with Gasteiger partial charge in [-0.1, -0.05) is 13.8 Å². The Morgan fingerprint density at radius 3 is 1.73 bits per heavy atom. The van der Waals surface area contributed by atoms with Crippen molar-refractivity contribution < 1.29 is 9.59 Å². The SMILES string of the molecule is C[C@@H]1CC(=O)CC(=O)C[C@@H]1C. The fraction of sp³-hybridized carbons (Fsp3) is 0.778. The molecule has 0 amide bonds. The maximum absolute atomic E-state index is 11.0. The number of carbonyl (C=O) groups excluding carboxylic acids is 2. The second kappa shape index (κ2) is 3.16. The van der Waals surface area contributed by atoms with Gasteiger partial charge < -0.3 is 0 Å². The van der Waals surface area contributed by atoms with E-state index in [4.69, 9.17) is 0 Å². The van der Waals surface area contributed by atoms with E-state index in [0.29, 0.717) is 24.7 Å². The van der Waals surface area contributed by atoms with E-state index in [2.05, 4.69) is 0 Å². The van der Waals surface area contributed by atoms with Crippen LogP contribution < -0.4 is 0 Å². The van der Waals surface area contributed by atoms with Gasteiger partial charge in [-0.25, -0.2) is 0 Å². The van der Waals surface area contributed by atoms with Crippen LogP contribution in [0.4, 0.5) is 0 Å². The first-order valence-corrected chi connectivity index (χ1v) is 4.13. The lowest BCUT2D eigenvalue weighted by atomic mass is 9.91. The standard InChI is InChI=1S/C9H14O2/c1-6-3-8(10)5-9(11)4-7(6)2/h6-7H,3-5H2,1-2H3/t6-,7+. The molecule has 0 bridgehead atoms. The quantitative estimate of drug-likeness (QED) is 0.392. The highest BCUT2D eigenvalue weighted by atomic mass is 16.1. The Balaban J connectivity index is 2.66. The maximum Gasteiger partial charge on any atom is 0.140 e. The first kappa shape index (κ1) is 8.44. The predicted molar refractivity (Wildman–Crippen MR) is 42.2 cm³/mol. The molecule has 0 unspecified atom stereocenters. The van der Waals surface area contributed by atoms with Crippen LogP contribution in [-0.2, 0) is 9.59 Å². The first-order valence-electron chi connectivity index (χ1n) is 4.13. The van der Waals surface area contributed by atoms with E-state index >= 15 is 0 Å². The Hall–Kier alpha value is -0.660. The Labute approximate surface area is 67.0 Å². The molecule has 2 nitrogen and oxygen atoms in total. The summed E-state index contributed by atoms with van der Waals surface area (Å²) < 4.78 is 0. The van der Waals surface area contributed by atoms with E-state index in [1.807, 2.05) is 13.8 Å². The molecule has 0 aromatic rings. The third-order valence-electron chi connectivity index (χ3n) is 2.47. The smallest absolute Gasteiger partial charge is 0.140 e. The van der Waals surface area contributed by atoms with Crippen LogP contribution in [0.5, 0.6) is 0 Å². The molecule has 62 valence electrons. The van der Waals surface area contributed by atoms with Gasteiger partial charge in [0.1, 0.15) is 11.6 Å². The molecule has 0 aromatic carbocycles. The molecule has 11 heavy (non-hydrogen) atoms. The molecule has 0 aromatic heterocycles. The summed E-state index contributed by atoms with van der Waals surface area (Å²) >= 11 is 0. The Bertz CT molecular complexity index is 164. The summed E-state index contributed by atoms with van der Waals surface area (Å²) in [5, 5.41) is 0. The molecular weight excluding hydrogens is 140 g/mol. The van der Waals surface area contributed by atoms with Gasteiger partial charge in [-0.15, -0.1) is 0 Å². The normalized spacial score (nSPS) is 33.6. The number of ketones is 2. The van der Waals surface area contributed by atoms with Crippen LogP contribution in [0.3, 0.4) is 0 Å². The molecule has 2 heteroatoms. The monoisotopic (exact) mass is 154 g/mol. The third-order valence-corrected chi connectivity index (χ3v) is 2.47. The summed E-state index contributed by atoms with van der Waals surface area (Å²) in [6.07, 6.45) is 1.36. The van der Waals surface area contributed by atoms with Crippen LogP contribution in [0, 0.1) is 11.8 Å². The molecule has 0 radical (unpaired) electrons. The van der Waals surface area contributed by atoms with Gasteiger partial charge in [0, 0.05) is 12.8 Å². The van der Waals surface area contributed by atoms with Crippen molar-refractivity contribution in [3.05, 3.63) is 0 Å². The van der Waals surface area contributed by atoms with Crippen molar-refractivity contribution in [3.8, 4) is 0 Å². The highest BCUT2D eigenvalue weighted by Gasteiger charge is 2.24. The van der Waals surface area contributed by atoms with E-state index in [0.717, 1.165) is 0 Å². The highest BCUT2D eigenvalue weighted by molar-refractivity contribution is 5.99. The van der Waals surface area contributed by atoms with Crippen molar-refractivity contribution in [1.29, 1.82) is 0 Å². The fourth-order valence-corrected chi connectivity index (χ4v) is 1.48. The summed E-state index contributed by atoms with van der Waals surface area (Å²) in [5.41, 5.74) is 0. The predicted octanol–water partition coefficient (Wildman–Crippen LogP) is 1.58. The average Bonchev–Trinajstić information content (AvgIpc) is 1.93. The largest absolute Gasteiger partial charge is 0.299 e. The zero-order chi connectivity index (χ0) is 8.43. The molecular formula is C9H14O2. The molecule has 0 heterocycles. The number of Topliss-reactive ketones (excluding diaryl/α,β-unsaturated/α-hetero) is 2. The van der Waals surface area contributed by atoms with Crippen LogP contribution >= 0.6 is 0 Å². The van der Waals surface area contributed by atoms with E-state index in [1.165, 1.54) is 0 Å². The fourth-order valence-electron chi connectivity index (χ4n) is 1.48. The van der Waals surface area contributed by atoms with Crippen molar-refractivity contribution in [2.75, 3.05) is 0 Å². The first-order chi connectivity index (χ1) is 5.09. The van der Waals surface area contributed by atoms with Crippen molar-refractivity contribution in [1.82, 2.24) is 0 Å². The van der Waals surface area contributed by atoms with Gasteiger partial charge in [-0.3, -0.25) is 9.59 Å². The van der Waals surface area contributed by atoms with E-state index in [-0.39, 0.29) is 18.0 Å². The summed E-state index contributed by atoms with van der Waals surface area (Å²) in [6.45, 7) is 4.09. The van der Waals surface area contributed by atoms with Gasteiger partial charge >= 0.3 is 0 Å². The number of hydrogen-bond donors (Lipinski definition) is 0. The lowest BCUT2D eigenvalue weighted by Crippen LogP contribution is -2.08. The molecule has 1 fully saturated rings. The number of rotatable bonds is 0. The van der Waals surface area contributed by atoms with Crippen LogP contribution in [0.1, 0.15) is 33.1 Å². The Morgan fingerprint density at radius 2 is 1.36 bits per heavy atom. The minimum Gasteiger partial charge on any atom is -0.299 e. The molecule has 0 saturated heterocycles. The molecule has 2 atom stereocenters. The number of hydrogen-bond acceptors (Lipinski definition) is 2. The molecule has 1 aliphatic carbocycles. The summed E-state index contributed by atoms with van der Waals surface area (Å²) in [6, 6.07) is 0. The third kappa shape index (κ3) is 2.14. The van der Waals surface area contributed by atoms with Gasteiger partial charge in [-0.2, -0.15) is 0 Å². The van der Waals surface area contributed by atoms with Crippen LogP contribution in [0.25, 0.3) is 0 Å². The summed E-state index contributed by atoms with van der Waals surface area (Å²) in [7, 11) is 0. The Morgan fingerprint density at radius 1 is 1.00 bits per heavy atom. The zero-order valence-corrected chi connectivity index (χ0v) is 7.09. The van der Waals surface area contributed by atoms with Gasteiger partial charge in [-0.05, 0) is 11.8 Å². The number of carbonyl (C=O) groups is 2. The zero-order valence-electron chi connectivity index (χ0n) is 7.09. The van der Waals surface area contributed by atoms with E-state index in [1.54, 1.807) is 0 Å². The lowest BCUT2D eigenvalue weighted by Gasteiger charge is -2.13. The van der Waals surface area contributed by atoms with E-state index < -0.39 is 0 Å². The summed E-state index contributed by atoms with van der Waals surface area (Å²) in [4.78, 5) is 22.1. The molecule has 1 saturated carbocycles. The van der Waals surface area contributed by atoms with Gasteiger partial charge in [0.2, 0.25) is 0 Å². The minimum atomic E-state index is 0.117. The van der Waals surface area contributed by atoms with Gasteiger partial charge in [0.15, 0.2) is 0 Å². The molecule has 0 aliphatic heterocycles. The van der Waals surface area contributed by atoms with Crippen LogP contribution in [0.15, 0.2) is 0 Å². The van der Waals surface area contributed by atoms with Crippen LogP contribution in [0.2, 0.25) is 0 Å². The van der Waals surface area contributed by atoms with Crippen molar-refractivity contribution in [3.63, 3.8) is 0 Å². The van der Waals surface area contributed by atoms with Crippen LogP contribution in [-0.4, -0.2) is 11.6 Å². The summed E-state index contributed by atoms with van der Waals surface area (Å²) in [5.74, 6) is 1.00. The van der Waals surface area contributed by atoms with Crippen molar-refractivity contribution in [2.24, 2.45) is 11.8 Å². The average molecular weight is 154 g/mol. The second-order valence-electron chi connectivity index (χ2n) is 3.62. The molecule has 1 aliphatic rings. The lowest BCUT2D eigenvalue weighted by molar-refractivity contribution is -0.126. The molecule has 0 spiro atoms. The minimum absolute atomic E-state index is 0.117. The maximum atomic E-state index is 11.0. The van der Waals surface area contributed by atoms with Crippen molar-refractivity contribution >= 4 is 11.6 Å². The molecule has 0 N–H and O–H groups in total. The second-order valence-corrected chi connectivity index (χ2v) is 3.62. The molecule has 1 rings (SSSR count). The van der Waals surface area contributed by atoms with E-state index in [9.17, 15) is 9.59 Å². The highest BCUT2D eigenvalue weighted by Crippen LogP contribution is 2.23. The topological polar surface area (TPSA) is 34.1 Å². The van der Waals surface area contributed by atoms with Gasteiger partial charge in [0.25, 0.3) is 0 Å².